The second-order valence-electron chi connectivity index (χ2n) is 4.51. The Morgan fingerprint density at radius 1 is 1.30 bits per heavy atom. The minimum absolute atomic E-state index is 0.241. The fourth-order valence-corrected chi connectivity index (χ4v) is 1.76. The summed E-state index contributed by atoms with van der Waals surface area (Å²) < 4.78 is 18.5. The summed E-state index contributed by atoms with van der Waals surface area (Å²) in [6, 6.07) is 6.87. The van der Waals surface area contributed by atoms with Crippen molar-refractivity contribution in [1.82, 2.24) is 15.3 Å². The largest absolute Gasteiger partial charge is 0.383 e. The number of hydrogen-bond acceptors (Lipinski definition) is 4. The molecule has 0 bridgehead atoms. The summed E-state index contributed by atoms with van der Waals surface area (Å²) in [7, 11) is 1.66. The quantitative estimate of drug-likeness (QED) is 0.822. The van der Waals surface area contributed by atoms with Gasteiger partial charge in [0.1, 0.15) is 5.82 Å². The molecule has 0 aliphatic carbocycles. The van der Waals surface area contributed by atoms with Gasteiger partial charge in [-0.3, -0.25) is 0 Å². The van der Waals surface area contributed by atoms with E-state index >= 15 is 0 Å². The van der Waals surface area contributed by atoms with E-state index in [1.165, 1.54) is 6.07 Å². The molecule has 0 spiro atoms. The van der Waals surface area contributed by atoms with Gasteiger partial charge in [-0.15, -0.1) is 0 Å². The van der Waals surface area contributed by atoms with Crippen molar-refractivity contribution < 1.29 is 9.13 Å². The van der Waals surface area contributed by atoms with E-state index in [-0.39, 0.29) is 5.82 Å². The minimum Gasteiger partial charge on any atom is -0.383 e. The topological polar surface area (TPSA) is 47.0 Å². The number of benzene rings is 1. The SMILES string of the molecule is COCCNCc1ccnc(-c2ccc(C)c(F)c2)n1. The summed E-state index contributed by atoms with van der Waals surface area (Å²) in [6.45, 7) is 3.78. The maximum atomic E-state index is 13.6. The van der Waals surface area contributed by atoms with Gasteiger partial charge in [0.2, 0.25) is 0 Å². The molecule has 106 valence electrons. The zero-order chi connectivity index (χ0) is 14.4. The van der Waals surface area contributed by atoms with Crippen LogP contribution in [0, 0.1) is 12.7 Å². The Morgan fingerprint density at radius 3 is 2.90 bits per heavy atom. The maximum absolute atomic E-state index is 13.6. The van der Waals surface area contributed by atoms with Crippen LogP contribution in [0.5, 0.6) is 0 Å². The highest BCUT2D eigenvalue weighted by molar-refractivity contribution is 5.55. The second kappa shape index (κ2) is 7.07. The predicted octanol–water partition coefficient (Wildman–Crippen LogP) is 2.33. The highest BCUT2D eigenvalue weighted by Gasteiger charge is 2.05. The number of ether oxygens (including phenoxy) is 1. The van der Waals surface area contributed by atoms with Gasteiger partial charge in [-0.05, 0) is 24.6 Å². The number of methoxy groups -OCH3 is 1. The van der Waals surface area contributed by atoms with E-state index in [0.717, 1.165) is 12.2 Å². The van der Waals surface area contributed by atoms with Gasteiger partial charge in [0.05, 0.1) is 12.3 Å². The summed E-state index contributed by atoms with van der Waals surface area (Å²) in [6.07, 6.45) is 1.69. The molecule has 4 nitrogen and oxygen atoms in total. The molecule has 20 heavy (non-hydrogen) atoms. The number of aromatic nitrogens is 2. The standard InChI is InChI=1S/C15H18FN3O/c1-11-3-4-12(9-14(11)16)15-18-6-5-13(19-15)10-17-7-8-20-2/h3-6,9,17H,7-8,10H2,1-2H3. The molecule has 0 amide bonds. The van der Waals surface area contributed by atoms with Crippen molar-refractivity contribution in [2.24, 2.45) is 0 Å². The summed E-state index contributed by atoms with van der Waals surface area (Å²) in [4.78, 5) is 8.62. The third-order valence-electron chi connectivity index (χ3n) is 2.93. The number of nitrogens with one attached hydrogen (secondary N) is 1. The lowest BCUT2D eigenvalue weighted by molar-refractivity contribution is 0.199. The molecule has 0 atom stereocenters. The van der Waals surface area contributed by atoms with Crippen LogP contribution in [0.2, 0.25) is 0 Å². The highest BCUT2D eigenvalue weighted by Crippen LogP contribution is 2.18. The van der Waals surface area contributed by atoms with Gasteiger partial charge in [-0.25, -0.2) is 14.4 Å². The fourth-order valence-electron chi connectivity index (χ4n) is 1.76. The van der Waals surface area contributed by atoms with Gasteiger partial charge in [-0.2, -0.15) is 0 Å². The number of hydrogen-bond donors (Lipinski definition) is 1. The molecule has 0 unspecified atom stereocenters. The van der Waals surface area contributed by atoms with Crippen LogP contribution in [0.3, 0.4) is 0 Å². The Labute approximate surface area is 118 Å². The number of aryl methyl sites for hydroxylation is 1. The van der Waals surface area contributed by atoms with E-state index in [4.69, 9.17) is 4.74 Å². The molecule has 0 saturated carbocycles. The zero-order valence-corrected chi connectivity index (χ0v) is 11.7. The van der Waals surface area contributed by atoms with Crippen LogP contribution in [0.4, 0.5) is 4.39 Å². The van der Waals surface area contributed by atoms with E-state index in [2.05, 4.69) is 15.3 Å². The zero-order valence-electron chi connectivity index (χ0n) is 11.7. The molecule has 1 aromatic heterocycles. The molecular formula is C15H18FN3O. The second-order valence-corrected chi connectivity index (χ2v) is 4.51. The first-order valence-corrected chi connectivity index (χ1v) is 6.49. The van der Waals surface area contributed by atoms with Crippen LogP contribution >= 0.6 is 0 Å². The molecule has 0 radical (unpaired) electrons. The fraction of sp³-hybridized carbons (Fsp3) is 0.333. The van der Waals surface area contributed by atoms with Gasteiger partial charge in [0.15, 0.2) is 5.82 Å². The van der Waals surface area contributed by atoms with Crippen molar-refractivity contribution in [3.05, 3.63) is 47.5 Å². The lowest BCUT2D eigenvalue weighted by Crippen LogP contribution is -2.19. The van der Waals surface area contributed by atoms with Crippen molar-refractivity contribution in [2.45, 2.75) is 13.5 Å². The summed E-state index contributed by atoms with van der Waals surface area (Å²) >= 11 is 0. The van der Waals surface area contributed by atoms with Crippen molar-refractivity contribution in [3.8, 4) is 11.4 Å². The molecule has 0 aliphatic heterocycles. The molecule has 1 N–H and O–H groups in total. The molecule has 0 fully saturated rings. The van der Waals surface area contributed by atoms with Crippen LogP contribution in [0.25, 0.3) is 11.4 Å². The molecule has 1 heterocycles. The van der Waals surface area contributed by atoms with E-state index in [0.29, 0.717) is 30.1 Å². The number of rotatable bonds is 6. The van der Waals surface area contributed by atoms with Crippen LogP contribution in [0.1, 0.15) is 11.3 Å². The van der Waals surface area contributed by atoms with Crippen LogP contribution in [-0.2, 0) is 11.3 Å². The monoisotopic (exact) mass is 275 g/mol. The molecule has 5 heteroatoms. The van der Waals surface area contributed by atoms with Crippen molar-refractivity contribution in [1.29, 1.82) is 0 Å². The third-order valence-corrected chi connectivity index (χ3v) is 2.93. The first-order valence-electron chi connectivity index (χ1n) is 6.49. The normalized spacial score (nSPS) is 10.8. The molecular weight excluding hydrogens is 257 g/mol. The number of nitrogens with zero attached hydrogens (tertiary/aromatic N) is 2. The Bertz CT molecular complexity index is 575. The lowest BCUT2D eigenvalue weighted by Gasteiger charge is -2.06. The maximum Gasteiger partial charge on any atom is 0.159 e. The Hall–Kier alpha value is -1.85. The first kappa shape index (κ1) is 14.6. The Kier molecular flexibility index (Phi) is 5.15. The molecule has 2 rings (SSSR count). The molecule has 0 aliphatic rings. The Morgan fingerprint density at radius 2 is 2.15 bits per heavy atom. The summed E-state index contributed by atoms with van der Waals surface area (Å²) in [5, 5.41) is 3.21. The van der Waals surface area contributed by atoms with E-state index in [1.807, 2.05) is 12.1 Å². The van der Waals surface area contributed by atoms with Crippen molar-refractivity contribution in [2.75, 3.05) is 20.3 Å². The highest BCUT2D eigenvalue weighted by atomic mass is 19.1. The predicted molar refractivity (Wildman–Crippen MR) is 75.7 cm³/mol. The smallest absolute Gasteiger partial charge is 0.159 e. The molecule has 0 saturated heterocycles. The molecule has 2 aromatic rings. The first-order chi connectivity index (χ1) is 9.70. The number of halogens is 1. The van der Waals surface area contributed by atoms with Gasteiger partial charge < -0.3 is 10.1 Å². The van der Waals surface area contributed by atoms with Gasteiger partial charge in [0, 0.05) is 32.0 Å². The third kappa shape index (κ3) is 3.82. The Balaban J connectivity index is 2.10. The van der Waals surface area contributed by atoms with Crippen LogP contribution in [-0.4, -0.2) is 30.2 Å². The van der Waals surface area contributed by atoms with E-state index < -0.39 is 0 Å². The van der Waals surface area contributed by atoms with Gasteiger partial charge in [0.25, 0.3) is 0 Å². The summed E-state index contributed by atoms with van der Waals surface area (Å²) in [5.74, 6) is 0.296. The van der Waals surface area contributed by atoms with Crippen LogP contribution < -0.4 is 5.32 Å². The van der Waals surface area contributed by atoms with Gasteiger partial charge in [-0.1, -0.05) is 12.1 Å². The van der Waals surface area contributed by atoms with Gasteiger partial charge >= 0.3 is 0 Å². The van der Waals surface area contributed by atoms with E-state index in [9.17, 15) is 4.39 Å². The van der Waals surface area contributed by atoms with Crippen molar-refractivity contribution >= 4 is 0 Å². The minimum atomic E-state index is -0.241. The van der Waals surface area contributed by atoms with Crippen LogP contribution in [0.15, 0.2) is 30.5 Å². The van der Waals surface area contributed by atoms with E-state index in [1.54, 1.807) is 26.3 Å². The average molecular weight is 275 g/mol. The average Bonchev–Trinajstić information content (AvgIpc) is 2.47. The molecule has 1 aromatic carbocycles. The lowest BCUT2D eigenvalue weighted by atomic mass is 10.1. The van der Waals surface area contributed by atoms with Crippen molar-refractivity contribution in [3.63, 3.8) is 0 Å². The summed E-state index contributed by atoms with van der Waals surface area (Å²) in [5.41, 5.74) is 2.17.